The molecule has 0 saturated carbocycles. The zero-order chi connectivity index (χ0) is 29.2. The molecule has 40 heavy (non-hydrogen) atoms. The molecule has 0 unspecified atom stereocenters. The average molecular weight is 557 g/mol. The molecule has 0 saturated heterocycles. The molecule has 0 aliphatic heterocycles. The lowest BCUT2D eigenvalue weighted by Gasteiger charge is -2.05. The van der Waals surface area contributed by atoms with Crippen LogP contribution in [0.15, 0.2) is 48.6 Å². The third-order valence-electron chi connectivity index (χ3n) is 7.40. The van der Waals surface area contributed by atoms with Gasteiger partial charge in [-0.25, -0.2) is 0 Å². The fraction of sp³-hybridized carbons (Fsp3) is 0.763. The Morgan fingerprint density at radius 2 is 0.950 bits per heavy atom. The normalized spacial score (nSPS) is 12.3. The molecule has 232 valence electrons. The number of unbranched alkanes of at least 4 members (excludes halogenated alkanes) is 16. The molecule has 2 nitrogen and oxygen atoms in total. The fourth-order valence-electron chi connectivity index (χ4n) is 4.78. The van der Waals surface area contributed by atoms with Crippen LogP contribution in [-0.2, 0) is 9.53 Å². The standard InChI is InChI=1S/C38H68O2/c1-4-5-6-7-8-9-10-11-12-13-14-17-20-23-26-29-32-35-38(39)40-36-33-30-27-24-21-18-15-16-19-22-25-28-31-34-37(2)3/h8-9,11-12,14,17,23,26,37H,4-7,10,13,15-16,18-22,24-25,27-36H2,1-3H3. The summed E-state index contributed by atoms with van der Waals surface area (Å²) in [6.07, 6.45) is 47.4. The van der Waals surface area contributed by atoms with Crippen LogP contribution in [0.4, 0.5) is 0 Å². The first-order valence-corrected chi connectivity index (χ1v) is 17.4. The summed E-state index contributed by atoms with van der Waals surface area (Å²) in [6, 6.07) is 0. The van der Waals surface area contributed by atoms with E-state index in [1.165, 1.54) is 109 Å². The van der Waals surface area contributed by atoms with Crippen LogP contribution in [0.1, 0.15) is 175 Å². The highest BCUT2D eigenvalue weighted by Gasteiger charge is 2.01. The van der Waals surface area contributed by atoms with Gasteiger partial charge in [0.05, 0.1) is 6.61 Å². The van der Waals surface area contributed by atoms with E-state index in [9.17, 15) is 4.79 Å². The molecule has 0 aromatic carbocycles. The summed E-state index contributed by atoms with van der Waals surface area (Å²) in [5.41, 5.74) is 0. The van der Waals surface area contributed by atoms with Crippen molar-refractivity contribution in [2.75, 3.05) is 6.61 Å². The summed E-state index contributed by atoms with van der Waals surface area (Å²) in [7, 11) is 0. The minimum Gasteiger partial charge on any atom is -0.466 e. The van der Waals surface area contributed by atoms with Crippen molar-refractivity contribution >= 4 is 5.97 Å². The second-order valence-electron chi connectivity index (χ2n) is 12.0. The average Bonchev–Trinajstić information content (AvgIpc) is 2.94. The first-order valence-electron chi connectivity index (χ1n) is 17.4. The predicted octanol–water partition coefficient (Wildman–Crippen LogP) is 12.8. The van der Waals surface area contributed by atoms with Gasteiger partial charge < -0.3 is 4.74 Å². The lowest BCUT2D eigenvalue weighted by molar-refractivity contribution is -0.143. The van der Waals surface area contributed by atoms with Crippen LogP contribution in [0.2, 0.25) is 0 Å². The van der Waals surface area contributed by atoms with E-state index in [-0.39, 0.29) is 5.97 Å². The van der Waals surface area contributed by atoms with Gasteiger partial charge in [0.2, 0.25) is 0 Å². The number of esters is 1. The Bertz CT molecular complexity index is 625. The van der Waals surface area contributed by atoms with Crippen LogP contribution in [0.3, 0.4) is 0 Å². The summed E-state index contributed by atoms with van der Waals surface area (Å²) < 4.78 is 5.40. The van der Waals surface area contributed by atoms with Crippen molar-refractivity contribution in [2.24, 2.45) is 5.92 Å². The van der Waals surface area contributed by atoms with E-state index in [1.807, 2.05) is 0 Å². The van der Waals surface area contributed by atoms with Gasteiger partial charge in [-0.3, -0.25) is 4.79 Å². The number of carbonyl (C=O) groups is 1. The Hall–Kier alpha value is -1.57. The van der Waals surface area contributed by atoms with E-state index in [1.54, 1.807) is 0 Å². The fourth-order valence-corrected chi connectivity index (χ4v) is 4.78. The van der Waals surface area contributed by atoms with E-state index in [4.69, 9.17) is 4.74 Å². The van der Waals surface area contributed by atoms with E-state index in [2.05, 4.69) is 69.4 Å². The lowest BCUT2D eigenvalue weighted by Crippen LogP contribution is -2.05. The van der Waals surface area contributed by atoms with Crippen LogP contribution >= 0.6 is 0 Å². The maximum absolute atomic E-state index is 11.9. The monoisotopic (exact) mass is 557 g/mol. The van der Waals surface area contributed by atoms with Gasteiger partial charge in [0.15, 0.2) is 0 Å². The molecule has 0 spiro atoms. The second kappa shape index (κ2) is 33.6. The topological polar surface area (TPSA) is 26.3 Å². The Labute approximate surface area is 251 Å². The van der Waals surface area contributed by atoms with Crippen molar-refractivity contribution < 1.29 is 9.53 Å². The molecular weight excluding hydrogens is 488 g/mol. The van der Waals surface area contributed by atoms with Crippen LogP contribution in [-0.4, -0.2) is 12.6 Å². The van der Waals surface area contributed by atoms with E-state index < -0.39 is 0 Å². The van der Waals surface area contributed by atoms with Crippen LogP contribution in [0.5, 0.6) is 0 Å². The summed E-state index contributed by atoms with van der Waals surface area (Å²) in [5, 5.41) is 0. The van der Waals surface area contributed by atoms with Crippen molar-refractivity contribution in [3.05, 3.63) is 48.6 Å². The maximum Gasteiger partial charge on any atom is 0.305 e. The Morgan fingerprint density at radius 1 is 0.525 bits per heavy atom. The minimum absolute atomic E-state index is 0.0317. The number of hydrogen-bond acceptors (Lipinski definition) is 2. The smallest absolute Gasteiger partial charge is 0.305 e. The zero-order valence-corrected chi connectivity index (χ0v) is 27.2. The van der Waals surface area contributed by atoms with Crippen LogP contribution in [0.25, 0.3) is 0 Å². The largest absolute Gasteiger partial charge is 0.466 e. The summed E-state index contributed by atoms with van der Waals surface area (Å²) in [4.78, 5) is 11.9. The van der Waals surface area contributed by atoms with Crippen molar-refractivity contribution in [3.63, 3.8) is 0 Å². The molecule has 0 aromatic heterocycles. The molecule has 0 heterocycles. The molecule has 0 aliphatic carbocycles. The van der Waals surface area contributed by atoms with Crippen molar-refractivity contribution in [1.82, 2.24) is 0 Å². The van der Waals surface area contributed by atoms with Crippen molar-refractivity contribution in [1.29, 1.82) is 0 Å². The predicted molar refractivity (Wildman–Crippen MR) is 179 cm³/mol. The first-order chi connectivity index (χ1) is 19.7. The highest BCUT2D eigenvalue weighted by atomic mass is 16.5. The minimum atomic E-state index is -0.0317. The van der Waals surface area contributed by atoms with Gasteiger partial charge in [0.1, 0.15) is 0 Å². The summed E-state index contributed by atoms with van der Waals surface area (Å²) in [6.45, 7) is 7.50. The molecule has 0 bridgehead atoms. The Balaban J connectivity index is 3.34. The van der Waals surface area contributed by atoms with Gasteiger partial charge in [-0.15, -0.1) is 0 Å². The van der Waals surface area contributed by atoms with Gasteiger partial charge in [0.25, 0.3) is 0 Å². The van der Waals surface area contributed by atoms with Gasteiger partial charge >= 0.3 is 5.97 Å². The lowest BCUT2D eigenvalue weighted by atomic mass is 10.0. The Kier molecular flexibility index (Phi) is 32.3. The van der Waals surface area contributed by atoms with E-state index in [0.717, 1.165) is 44.4 Å². The number of allylic oxidation sites excluding steroid dienone is 8. The number of carbonyl (C=O) groups excluding carboxylic acids is 1. The van der Waals surface area contributed by atoms with Crippen LogP contribution < -0.4 is 0 Å². The zero-order valence-electron chi connectivity index (χ0n) is 27.2. The van der Waals surface area contributed by atoms with Crippen molar-refractivity contribution in [3.8, 4) is 0 Å². The third-order valence-corrected chi connectivity index (χ3v) is 7.40. The van der Waals surface area contributed by atoms with Crippen molar-refractivity contribution in [2.45, 2.75) is 175 Å². The molecule has 0 amide bonds. The number of ether oxygens (including phenoxy) is 1. The Morgan fingerprint density at radius 3 is 1.43 bits per heavy atom. The highest BCUT2D eigenvalue weighted by molar-refractivity contribution is 5.69. The van der Waals surface area contributed by atoms with Gasteiger partial charge in [-0.05, 0) is 57.3 Å². The molecule has 0 fully saturated rings. The molecular formula is C38H68O2. The highest BCUT2D eigenvalue weighted by Crippen LogP contribution is 2.14. The maximum atomic E-state index is 11.9. The quantitative estimate of drug-likeness (QED) is 0.0499. The van der Waals surface area contributed by atoms with Crippen LogP contribution in [0, 0.1) is 5.92 Å². The van der Waals surface area contributed by atoms with Gasteiger partial charge in [-0.1, -0.05) is 166 Å². The van der Waals surface area contributed by atoms with Gasteiger partial charge in [-0.2, -0.15) is 0 Å². The first kappa shape index (κ1) is 38.4. The molecule has 0 radical (unpaired) electrons. The molecule has 0 aromatic rings. The molecule has 0 rings (SSSR count). The molecule has 0 aliphatic rings. The summed E-state index contributed by atoms with van der Waals surface area (Å²) >= 11 is 0. The molecule has 2 heteroatoms. The second-order valence-corrected chi connectivity index (χ2v) is 12.0. The van der Waals surface area contributed by atoms with E-state index >= 15 is 0 Å². The van der Waals surface area contributed by atoms with E-state index in [0.29, 0.717) is 13.0 Å². The SMILES string of the molecule is CCCCCC=CCC=CCC=CCC=CCCCC(=O)OCCCCCCCCCCCCCCCC(C)C. The molecule has 0 N–H and O–H groups in total. The van der Waals surface area contributed by atoms with Gasteiger partial charge in [0, 0.05) is 6.42 Å². The number of rotatable bonds is 30. The third kappa shape index (κ3) is 34.5. The molecule has 0 atom stereocenters. The number of hydrogen-bond donors (Lipinski definition) is 0. The summed E-state index contributed by atoms with van der Waals surface area (Å²) in [5.74, 6) is 0.836.